The number of nitrogens with zero attached hydrogens (tertiary/aromatic N) is 5. The van der Waals surface area contributed by atoms with Gasteiger partial charge in [0.25, 0.3) is 0 Å². The summed E-state index contributed by atoms with van der Waals surface area (Å²) in [6, 6.07) is 5.96. The van der Waals surface area contributed by atoms with Crippen LogP contribution in [0.5, 0.6) is 5.75 Å². The third-order valence-corrected chi connectivity index (χ3v) is 5.62. The smallest absolute Gasteiger partial charge is 0.191 e. The maximum absolute atomic E-state index is 6.22. The maximum atomic E-state index is 6.22. The van der Waals surface area contributed by atoms with Crippen LogP contribution in [0.3, 0.4) is 0 Å². The Kier molecular flexibility index (Phi) is 8.36. The van der Waals surface area contributed by atoms with Gasteiger partial charge >= 0.3 is 0 Å². The third kappa shape index (κ3) is 6.24. The Morgan fingerprint density at radius 1 is 1.32 bits per heavy atom. The van der Waals surface area contributed by atoms with Crippen molar-refractivity contribution in [2.45, 2.75) is 32.4 Å². The van der Waals surface area contributed by atoms with Crippen LogP contribution >= 0.6 is 11.6 Å². The van der Waals surface area contributed by atoms with E-state index in [1.54, 1.807) is 14.2 Å². The minimum absolute atomic E-state index is 0.249. The average molecular weight is 450 g/mol. The van der Waals surface area contributed by atoms with Gasteiger partial charge in [-0.2, -0.15) is 0 Å². The van der Waals surface area contributed by atoms with Crippen LogP contribution < -0.4 is 20.3 Å². The number of ether oxygens (including phenoxy) is 2. The molecule has 9 nitrogen and oxygen atoms in total. The van der Waals surface area contributed by atoms with E-state index in [0.29, 0.717) is 18.2 Å². The average Bonchev–Trinajstić information content (AvgIpc) is 3.36. The van der Waals surface area contributed by atoms with E-state index in [1.807, 2.05) is 36.7 Å². The molecule has 1 aromatic carbocycles. The number of aromatic nitrogens is 3. The van der Waals surface area contributed by atoms with Crippen molar-refractivity contribution in [3.05, 3.63) is 34.9 Å². The summed E-state index contributed by atoms with van der Waals surface area (Å²) in [5.74, 6) is 3.29. The number of aryl methyl sites for hydroxylation is 1. The Morgan fingerprint density at radius 3 is 2.87 bits per heavy atom. The van der Waals surface area contributed by atoms with Gasteiger partial charge in [-0.15, -0.1) is 10.2 Å². The number of halogens is 1. The predicted octanol–water partition coefficient (Wildman–Crippen LogP) is 2.14. The largest absolute Gasteiger partial charge is 0.495 e. The van der Waals surface area contributed by atoms with Crippen molar-refractivity contribution in [1.29, 1.82) is 0 Å². The molecule has 0 aliphatic carbocycles. The summed E-state index contributed by atoms with van der Waals surface area (Å²) >= 11 is 6.22. The number of benzene rings is 1. The molecule has 0 spiro atoms. The van der Waals surface area contributed by atoms with Gasteiger partial charge in [-0.25, -0.2) is 4.99 Å². The topological polar surface area (TPSA) is 88.8 Å². The monoisotopic (exact) mass is 449 g/mol. The second kappa shape index (κ2) is 11.2. The second-order valence-corrected chi connectivity index (χ2v) is 7.99. The van der Waals surface area contributed by atoms with Gasteiger partial charge in [-0.1, -0.05) is 11.6 Å². The molecule has 0 bridgehead atoms. The molecule has 2 N–H and O–H groups in total. The molecule has 10 heteroatoms. The van der Waals surface area contributed by atoms with E-state index in [1.165, 1.54) is 0 Å². The van der Waals surface area contributed by atoms with E-state index in [4.69, 9.17) is 26.1 Å². The first-order valence-electron chi connectivity index (χ1n) is 10.5. The molecule has 1 aliphatic heterocycles. The Balaban J connectivity index is 1.65. The fraction of sp³-hybridized carbons (Fsp3) is 0.571. The molecule has 31 heavy (non-hydrogen) atoms. The first-order valence-corrected chi connectivity index (χ1v) is 10.9. The first kappa shape index (κ1) is 23.1. The lowest BCUT2D eigenvalue weighted by Crippen LogP contribution is -2.45. The van der Waals surface area contributed by atoms with Crippen molar-refractivity contribution in [1.82, 2.24) is 25.4 Å². The van der Waals surface area contributed by atoms with E-state index in [2.05, 4.69) is 25.7 Å². The van der Waals surface area contributed by atoms with E-state index < -0.39 is 0 Å². The standard InChI is InChI=1S/C21H32ClN7O2/c1-15-26-27-20(28(15)2)13-24-21(23-9-5-11-30-3)25-17-8-10-29(14-17)18-12-16(22)6-7-19(18)31-4/h6-7,12,17H,5,8-11,13-14H2,1-4H3,(H2,23,24,25). The van der Waals surface area contributed by atoms with E-state index >= 15 is 0 Å². The summed E-state index contributed by atoms with van der Waals surface area (Å²) in [6.07, 6.45) is 1.88. The molecule has 2 heterocycles. The van der Waals surface area contributed by atoms with E-state index in [-0.39, 0.29) is 6.04 Å². The SMILES string of the molecule is COCCCNC(=NCc1nnc(C)n1C)NC1CCN(c2cc(Cl)ccc2OC)C1. The van der Waals surface area contributed by atoms with Crippen LogP contribution in [0.25, 0.3) is 0 Å². The van der Waals surface area contributed by atoms with Crippen LogP contribution in [0.15, 0.2) is 23.2 Å². The lowest BCUT2D eigenvalue weighted by Gasteiger charge is -2.22. The van der Waals surface area contributed by atoms with Gasteiger partial charge in [0.2, 0.25) is 0 Å². The van der Waals surface area contributed by atoms with Crippen molar-refractivity contribution >= 4 is 23.2 Å². The molecule has 0 amide bonds. The highest BCUT2D eigenvalue weighted by molar-refractivity contribution is 6.30. The number of hydrogen-bond acceptors (Lipinski definition) is 6. The summed E-state index contributed by atoms with van der Waals surface area (Å²) in [4.78, 5) is 7.03. The molecule has 3 rings (SSSR count). The van der Waals surface area contributed by atoms with Gasteiger partial charge in [-0.05, 0) is 38.0 Å². The highest BCUT2D eigenvalue weighted by Gasteiger charge is 2.25. The molecule has 2 aromatic rings. The highest BCUT2D eigenvalue weighted by Crippen LogP contribution is 2.33. The van der Waals surface area contributed by atoms with Crippen LogP contribution in [0.4, 0.5) is 5.69 Å². The summed E-state index contributed by atoms with van der Waals surface area (Å²) < 4.78 is 12.6. The third-order valence-electron chi connectivity index (χ3n) is 5.39. The molecule has 1 unspecified atom stereocenters. The van der Waals surface area contributed by atoms with Gasteiger partial charge < -0.3 is 29.6 Å². The van der Waals surface area contributed by atoms with Crippen LogP contribution in [-0.2, 0) is 18.3 Å². The Morgan fingerprint density at radius 2 is 2.16 bits per heavy atom. The van der Waals surface area contributed by atoms with Crippen molar-refractivity contribution in [3.8, 4) is 5.75 Å². The number of methoxy groups -OCH3 is 2. The molecule has 0 radical (unpaired) electrons. The molecule has 170 valence electrons. The Labute approximate surface area is 188 Å². The minimum Gasteiger partial charge on any atom is -0.495 e. The quantitative estimate of drug-likeness (QED) is 0.344. The van der Waals surface area contributed by atoms with Gasteiger partial charge in [0.05, 0.1) is 12.8 Å². The van der Waals surface area contributed by atoms with Crippen LogP contribution in [0.2, 0.25) is 5.02 Å². The van der Waals surface area contributed by atoms with Crippen molar-refractivity contribution in [2.75, 3.05) is 45.4 Å². The van der Waals surface area contributed by atoms with Gasteiger partial charge in [0, 0.05) is 51.5 Å². The Bertz CT molecular complexity index is 887. The zero-order valence-corrected chi connectivity index (χ0v) is 19.4. The number of anilines is 1. The van der Waals surface area contributed by atoms with Crippen molar-refractivity contribution in [3.63, 3.8) is 0 Å². The van der Waals surface area contributed by atoms with Crippen LogP contribution in [-0.4, -0.2) is 67.2 Å². The molecule has 1 aromatic heterocycles. The van der Waals surface area contributed by atoms with Gasteiger partial charge in [0.15, 0.2) is 11.8 Å². The fourth-order valence-electron chi connectivity index (χ4n) is 3.51. The lowest BCUT2D eigenvalue weighted by atomic mass is 10.2. The number of aliphatic imine (C=N–C) groups is 1. The molecular formula is C21H32ClN7O2. The minimum atomic E-state index is 0.249. The van der Waals surface area contributed by atoms with Gasteiger partial charge in [-0.3, -0.25) is 0 Å². The molecule has 1 saturated heterocycles. The number of nitrogens with one attached hydrogen (secondary N) is 2. The number of guanidine groups is 1. The molecule has 1 fully saturated rings. The number of hydrogen-bond donors (Lipinski definition) is 2. The van der Waals surface area contributed by atoms with Crippen molar-refractivity contribution in [2.24, 2.45) is 12.0 Å². The zero-order chi connectivity index (χ0) is 22.2. The van der Waals surface area contributed by atoms with Crippen LogP contribution in [0, 0.1) is 6.92 Å². The van der Waals surface area contributed by atoms with Crippen LogP contribution in [0.1, 0.15) is 24.5 Å². The Hall–Kier alpha value is -2.52. The van der Waals surface area contributed by atoms with E-state index in [0.717, 1.165) is 61.5 Å². The number of rotatable bonds is 9. The molecular weight excluding hydrogens is 418 g/mol. The van der Waals surface area contributed by atoms with E-state index in [9.17, 15) is 0 Å². The fourth-order valence-corrected chi connectivity index (χ4v) is 3.68. The normalized spacial score (nSPS) is 16.6. The predicted molar refractivity (Wildman–Crippen MR) is 123 cm³/mol. The highest BCUT2D eigenvalue weighted by atomic mass is 35.5. The summed E-state index contributed by atoms with van der Waals surface area (Å²) in [7, 11) is 5.34. The zero-order valence-electron chi connectivity index (χ0n) is 18.7. The molecule has 1 atom stereocenters. The van der Waals surface area contributed by atoms with Gasteiger partial charge in [0.1, 0.15) is 18.1 Å². The van der Waals surface area contributed by atoms with Crippen molar-refractivity contribution < 1.29 is 9.47 Å². The maximum Gasteiger partial charge on any atom is 0.191 e. The molecule has 1 aliphatic rings. The summed E-state index contributed by atoms with van der Waals surface area (Å²) in [5.41, 5.74) is 1.01. The molecule has 0 saturated carbocycles. The first-order chi connectivity index (χ1) is 15.0. The summed E-state index contributed by atoms with van der Waals surface area (Å²) in [6.45, 7) is 5.60. The lowest BCUT2D eigenvalue weighted by molar-refractivity contribution is 0.195. The second-order valence-electron chi connectivity index (χ2n) is 7.55. The summed E-state index contributed by atoms with van der Waals surface area (Å²) in [5, 5.41) is 16.0.